The van der Waals surface area contributed by atoms with Crippen LogP contribution in [0.1, 0.15) is 16.8 Å². The van der Waals surface area contributed by atoms with E-state index in [1.165, 1.54) is 0 Å². The summed E-state index contributed by atoms with van der Waals surface area (Å²) in [6.45, 7) is 2.93. The normalized spacial score (nSPS) is 16.7. The van der Waals surface area contributed by atoms with Crippen molar-refractivity contribution < 1.29 is 4.79 Å². The van der Waals surface area contributed by atoms with E-state index >= 15 is 0 Å². The van der Waals surface area contributed by atoms with Gasteiger partial charge in [0.15, 0.2) is 5.96 Å². The number of aromatic nitrogens is 1. The Morgan fingerprint density at radius 1 is 1.29 bits per heavy atom. The molecule has 1 aliphatic heterocycles. The topological polar surface area (TPSA) is 81.6 Å². The third-order valence-corrected chi connectivity index (χ3v) is 4.79. The first-order chi connectivity index (χ1) is 13.7. The van der Waals surface area contributed by atoms with Crippen molar-refractivity contribution in [1.29, 1.82) is 0 Å². The molecule has 0 radical (unpaired) electrons. The fourth-order valence-electron chi connectivity index (χ4n) is 3.13. The van der Waals surface area contributed by atoms with E-state index in [0.29, 0.717) is 24.7 Å². The molecular formula is C20H25ClN6O. The summed E-state index contributed by atoms with van der Waals surface area (Å²) in [5.41, 5.74) is 1.69. The van der Waals surface area contributed by atoms with Crippen molar-refractivity contribution in [1.82, 2.24) is 20.9 Å². The Morgan fingerprint density at radius 2 is 2.14 bits per heavy atom. The maximum atomic E-state index is 12.0. The molecule has 7 nitrogen and oxygen atoms in total. The number of anilines is 1. The number of rotatable bonds is 6. The lowest BCUT2D eigenvalue weighted by molar-refractivity contribution is 0.0954. The van der Waals surface area contributed by atoms with Gasteiger partial charge in [0.25, 0.3) is 5.91 Å². The number of amides is 1. The fraction of sp³-hybridized carbons (Fsp3) is 0.350. The van der Waals surface area contributed by atoms with Gasteiger partial charge in [-0.1, -0.05) is 17.7 Å². The average molecular weight is 401 g/mol. The second-order valence-corrected chi connectivity index (χ2v) is 6.99. The molecule has 1 aromatic carbocycles. The van der Waals surface area contributed by atoms with Gasteiger partial charge in [0.1, 0.15) is 0 Å². The maximum absolute atomic E-state index is 12.0. The number of nitrogens with zero attached hydrogens (tertiary/aromatic N) is 3. The number of halogens is 1. The van der Waals surface area contributed by atoms with E-state index in [1.54, 1.807) is 31.6 Å². The molecule has 1 atom stereocenters. The molecule has 2 aromatic rings. The van der Waals surface area contributed by atoms with Crippen molar-refractivity contribution >= 4 is 29.2 Å². The van der Waals surface area contributed by atoms with Crippen LogP contribution in [0, 0.1) is 0 Å². The molecule has 3 rings (SSSR count). The van der Waals surface area contributed by atoms with Crippen LogP contribution < -0.4 is 20.9 Å². The van der Waals surface area contributed by atoms with Gasteiger partial charge in [-0.05, 0) is 36.8 Å². The highest BCUT2D eigenvalue weighted by Gasteiger charge is 2.23. The minimum absolute atomic E-state index is 0.134. The predicted molar refractivity (Wildman–Crippen MR) is 113 cm³/mol. The molecule has 28 heavy (non-hydrogen) atoms. The van der Waals surface area contributed by atoms with Gasteiger partial charge in [-0.3, -0.25) is 14.8 Å². The maximum Gasteiger partial charge on any atom is 0.252 e. The Balaban J connectivity index is 1.40. The Hall–Kier alpha value is -2.80. The van der Waals surface area contributed by atoms with Crippen molar-refractivity contribution in [3.8, 4) is 0 Å². The molecule has 1 saturated heterocycles. The predicted octanol–water partition coefficient (Wildman–Crippen LogP) is 1.91. The lowest BCUT2D eigenvalue weighted by Gasteiger charge is -2.20. The Morgan fingerprint density at radius 3 is 2.89 bits per heavy atom. The van der Waals surface area contributed by atoms with Gasteiger partial charge in [-0.15, -0.1) is 0 Å². The summed E-state index contributed by atoms with van der Waals surface area (Å²) in [4.78, 5) is 22.5. The number of hydrogen-bond acceptors (Lipinski definition) is 4. The first-order valence-corrected chi connectivity index (χ1v) is 9.69. The molecule has 0 aliphatic carbocycles. The molecular weight excluding hydrogens is 376 g/mol. The Kier molecular flexibility index (Phi) is 7.08. The van der Waals surface area contributed by atoms with Crippen LogP contribution in [0.25, 0.3) is 0 Å². The van der Waals surface area contributed by atoms with Gasteiger partial charge in [0.05, 0.1) is 5.56 Å². The van der Waals surface area contributed by atoms with Crippen LogP contribution in [0.3, 0.4) is 0 Å². The van der Waals surface area contributed by atoms with Crippen molar-refractivity contribution in [3.05, 3.63) is 59.4 Å². The average Bonchev–Trinajstić information content (AvgIpc) is 3.19. The van der Waals surface area contributed by atoms with Crippen LogP contribution in [0.15, 0.2) is 53.8 Å². The Bertz CT molecular complexity index is 813. The number of carbonyl (C=O) groups is 1. The molecule has 1 fully saturated rings. The first kappa shape index (κ1) is 19.9. The quantitative estimate of drug-likeness (QED) is 0.392. The molecule has 148 valence electrons. The van der Waals surface area contributed by atoms with E-state index in [9.17, 15) is 4.79 Å². The van der Waals surface area contributed by atoms with Crippen LogP contribution in [0.2, 0.25) is 5.02 Å². The third kappa shape index (κ3) is 5.60. The zero-order chi connectivity index (χ0) is 19.8. The van der Waals surface area contributed by atoms with Crippen LogP contribution in [0.5, 0.6) is 0 Å². The second-order valence-electron chi connectivity index (χ2n) is 6.55. The van der Waals surface area contributed by atoms with Gasteiger partial charge < -0.3 is 20.9 Å². The number of carbonyl (C=O) groups excluding carboxylic acids is 1. The summed E-state index contributed by atoms with van der Waals surface area (Å²) < 4.78 is 0. The molecule has 8 heteroatoms. The van der Waals surface area contributed by atoms with E-state index in [4.69, 9.17) is 11.6 Å². The number of hydrogen-bond donors (Lipinski definition) is 3. The summed E-state index contributed by atoms with van der Waals surface area (Å²) in [5, 5.41) is 10.3. The number of benzene rings is 1. The number of pyridine rings is 1. The highest BCUT2D eigenvalue weighted by atomic mass is 35.5. The van der Waals surface area contributed by atoms with Gasteiger partial charge in [0.2, 0.25) is 0 Å². The molecule has 3 N–H and O–H groups in total. The largest absolute Gasteiger partial charge is 0.369 e. The molecule has 1 aliphatic rings. The first-order valence-electron chi connectivity index (χ1n) is 9.31. The lowest BCUT2D eigenvalue weighted by atomic mass is 10.2. The minimum atomic E-state index is -0.134. The number of guanidine groups is 1. The van der Waals surface area contributed by atoms with Crippen molar-refractivity contribution in [2.24, 2.45) is 4.99 Å². The molecule has 1 unspecified atom stereocenters. The summed E-state index contributed by atoms with van der Waals surface area (Å²) in [6, 6.07) is 11.7. The van der Waals surface area contributed by atoms with E-state index in [-0.39, 0.29) is 5.91 Å². The van der Waals surface area contributed by atoms with Crippen LogP contribution >= 0.6 is 11.6 Å². The van der Waals surface area contributed by atoms with E-state index in [1.807, 2.05) is 18.2 Å². The molecule has 2 heterocycles. The van der Waals surface area contributed by atoms with E-state index in [2.05, 4.69) is 36.9 Å². The molecule has 1 amide bonds. The van der Waals surface area contributed by atoms with Crippen LogP contribution in [0.4, 0.5) is 5.69 Å². The molecule has 0 bridgehead atoms. The van der Waals surface area contributed by atoms with Crippen LogP contribution in [-0.4, -0.2) is 56.1 Å². The van der Waals surface area contributed by atoms with Crippen molar-refractivity contribution in [3.63, 3.8) is 0 Å². The van der Waals surface area contributed by atoms with E-state index in [0.717, 1.165) is 36.2 Å². The van der Waals surface area contributed by atoms with Crippen molar-refractivity contribution in [2.75, 3.05) is 38.1 Å². The van der Waals surface area contributed by atoms with Gasteiger partial charge in [-0.25, -0.2) is 0 Å². The zero-order valence-electron chi connectivity index (χ0n) is 15.9. The Labute approximate surface area is 170 Å². The second kappa shape index (κ2) is 9.94. The monoisotopic (exact) mass is 400 g/mol. The van der Waals surface area contributed by atoms with Gasteiger partial charge in [0, 0.05) is 62.4 Å². The fourth-order valence-corrected chi connectivity index (χ4v) is 3.31. The molecule has 0 spiro atoms. The summed E-state index contributed by atoms with van der Waals surface area (Å²) in [7, 11) is 1.74. The molecule has 0 saturated carbocycles. The standard InChI is InChI=1S/C20H25ClN6O/c1-22-20(25-10-9-24-19(28)15-4-3-8-23-13-15)26-17-7-11-27(14-17)18-6-2-5-16(21)12-18/h2-6,8,12-13,17H,7,9-11,14H2,1H3,(H,24,28)(H2,22,25,26). The number of aliphatic imine (C=N–C) groups is 1. The van der Waals surface area contributed by atoms with Gasteiger partial charge >= 0.3 is 0 Å². The summed E-state index contributed by atoms with van der Waals surface area (Å²) >= 11 is 6.09. The van der Waals surface area contributed by atoms with Gasteiger partial charge in [-0.2, -0.15) is 0 Å². The zero-order valence-corrected chi connectivity index (χ0v) is 16.6. The highest BCUT2D eigenvalue weighted by molar-refractivity contribution is 6.30. The lowest BCUT2D eigenvalue weighted by Crippen LogP contribution is -2.46. The molecule has 1 aromatic heterocycles. The van der Waals surface area contributed by atoms with Crippen LogP contribution in [-0.2, 0) is 0 Å². The summed E-state index contributed by atoms with van der Waals surface area (Å²) in [6.07, 6.45) is 4.21. The minimum Gasteiger partial charge on any atom is -0.369 e. The third-order valence-electron chi connectivity index (χ3n) is 4.55. The smallest absolute Gasteiger partial charge is 0.252 e. The highest BCUT2D eigenvalue weighted by Crippen LogP contribution is 2.23. The SMILES string of the molecule is CN=C(NCCNC(=O)c1cccnc1)NC1CCN(c2cccc(Cl)c2)C1. The number of nitrogens with one attached hydrogen (secondary N) is 3. The summed E-state index contributed by atoms with van der Waals surface area (Å²) in [5.74, 6) is 0.597. The van der Waals surface area contributed by atoms with E-state index < -0.39 is 0 Å². The van der Waals surface area contributed by atoms with Crippen molar-refractivity contribution in [2.45, 2.75) is 12.5 Å².